The van der Waals surface area contributed by atoms with Crippen molar-refractivity contribution in [1.29, 1.82) is 5.41 Å². The summed E-state index contributed by atoms with van der Waals surface area (Å²) in [5.41, 5.74) is 6.88. The largest absolute Gasteiger partial charge is 0.388 e. The van der Waals surface area contributed by atoms with Crippen LogP contribution in [0.5, 0.6) is 0 Å². The van der Waals surface area contributed by atoms with Gasteiger partial charge >= 0.3 is 0 Å². The van der Waals surface area contributed by atoms with Crippen LogP contribution in [-0.2, 0) is 6.42 Å². The number of nitrogens with zero attached hydrogens (tertiary/aromatic N) is 1. The lowest BCUT2D eigenvalue weighted by Gasteiger charge is -2.21. The van der Waals surface area contributed by atoms with E-state index in [1.807, 2.05) is 0 Å². The van der Waals surface area contributed by atoms with Gasteiger partial charge in [-0.3, -0.25) is 10.3 Å². The fraction of sp³-hybridized carbons (Fsp3) is 0.562. The van der Waals surface area contributed by atoms with E-state index >= 15 is 0 Å². The second kappa shape index (κ2) is 7.29. The predicted molar refractivity (Wildman–Crippen MR) is 80.5 cm³/mol. The minimum atomic E-state index is 0.315. The number of unbranched alkanes of at least 4 members (excludes halogenated alkanes) is 1. The maximum absolute atomic E-state index is 7.33. The molecule has 1 aromatic rings. The van der Waals surface area contributed by atoms with Crippen LogP contribution in [0.3, 0.4) is 0 Å². The highest BCUT2D eigenvalue weighted by atomic mass is 15.2. The van der Waals surface area contributed by atoms with Gasteiger partial charge in [0.15, 0.2) is 0 Å². The molecule has 0 saturated heterocycles. The van der Waals surface area contributed by atoms with Crippen LogP contribution in [0.15, 0.2) is 30.3 Å². The van der Waals surface area contributed by atoms with Gasteiger partial charge in [0.1, 0.15) is 0 Å². The molecule has 0 aromatic heterocycles. The van der Waals surface area contributed by atoms with E-state index in [2.05, 4.69) is 35.2 Å². The van der Waals surface area contributed by atoms with Crippen molar-refractivity contribution in [1.82, 2.24) is 4.90 Å². The Morgan fingerprint density at radius 2 is 1.89 bits per heavy atom. The molecule has 0 radical (unpaired) electrons. The van der Waals surface area contributed by atoms with Crippen molar-refractivity contribution in [3.63, 3.8) is 0 Å². The number of hydrogen-bond donors (Lipinski definition) is 2. The number of aryl methyl sites for hydroxylation is 1. The Hall–Kier alpha value is -1.35. The smallest absolute Gasteiger partial charge is 0.0918 e. The van der Waals surface area contributed by atoms with E-state index < -0.39 is 0 Å². The zero-order valence-electron chi connectivity index (χ0n) is 11.6. The molecule has 2 rings (SSSR count). The van der Waals surface area contributed by atoms with Crippen LogP contribution in [0.2, 0.25) is 0 Å². The summed E-state index contributed by atoms with van der Waals surface area (Å²) >= 11 is 0. The first kappa shape index (κ1) is 14.1. The summed E-state index contributed by atoms with van der Waals surface area (Å²) in [6.45, 7) is 2.12. The molecule has 19 heavy (non-hydrogen) atoms. The first-order valence-electron chi connectivity index (χ1n) is 7.36. The van der Waals surface area contributed by atoms with Crippen LogP contribution < -0.4 is 5.73 Å². The van der Waals surface area contributed by atoms with Gasteiger partial charge in [-0.05, 0) is 44.2 Å². The summed E-state index contributed by atoms with van der Waals surface area (Å²) in [5.74, 6) is 0.315. The number of benzene rings is 1. The summed E-state index contributed by atoms with van der Waals surface area (Å²) in [6.07, 6.45) is 7.03. The Bertz CT molecular complexity index is 384. The standard InChI is InChI=1S/C16H25N3/c17-16(18)11-13-19(15-9-10-15)12-5-4-8-14-6-2-1-3-7-14/h1-3,6-7,15H,4-5,8-13H2,(H3,17,18). The fourth-order valence-corrected chi connectivity index (χ4v) is 2.47. The van der Waals surface area contributed by atoms with Gasteiger partial charge in [-0.1, -0.05) is 30.3 Å². The Morgan fingerprint density at radius 3 is 2.53 bits per heavy atom. The summed E-state index contributed by atoms with van der Waals surface area (Å²) in [6, 6.07) is 11.5. The molecule has 1 fully saturated rings. The molecular weight excluding hydrogens is 234 g/mol. The molecule has 1 aromatic carbocycles. The second-order valence-corrected chi connectivity index (χ2v) is 5.49. The van der Waals surface area contributed by atoms with Gasteiger partial charge in [-0.25, -0.2) is 0 Å². The molecule has 0 bridgehead atoms. The normalized spacial score (nSPS) is 14.8. The zero-order chi connectivity index (χ0) is 13.5. The van der Waals surface area contributed by atoms with Gasteiger partial charge in [-0.15, -0.1) is 0 Å². The molecule has 0 amide bonds. The van der Waals surface area contributed by atoms with Crippen molar-refractivity contribution in [3.05, 3.63) is 35.9 Å². The SMILES string of the molecule is N=C(N)CCN(CCCCc1ccccc1)C1CC1. The van der Waals surface area contributed by atoms with Crippen LogP contribution in [-0.4, -0.2) is 29.9 Å². The van der Waals surface area contributed by atoms with Gasteiger partial charge in [0.2, 0.25) is 0 Å². The van der Waals surface area contributed by atoms with Gasteiger partial charge in [0, 0.05) is 19.0 Å². The highest BCUT2D eigenvalue weighted by molar-refractivity contribution is 5.76. The van der Waals surface area contributed by atoms with E-state index in [1.54, 1.807) is 0 Å². The van der Waals surface area contributed by atoms with Crippen molar-refractivity contribution in [3.8, 4) is 0 Å². The fourth-order valence-electron chi connectivity index (χ4n) is 2.47. The lowest BCUT2D eigenvalue weighted by molar-refractivity contribution is 0.265. The molecule has 0 aliphatic heterocycles. The number of amidine groups is 1. The van der Waals surface area contributed by atoms with Crippen LogP contribution in [0.4, 0.5) is 0 Å². The summed E-state index contributed by atoms with van der Waals surface area (Å²) in [7, 11) is 0. The highest BCUT2D eigenvalue weighted by Gasteiger charge is 2.27. The number of nitrogens with one attached hydrogen (secondary N) is 1. The maximum Gasteiger partial charge on any atom is 0.0918 e. The van der Waals surface area contributed by atoms with Crippen molar-refractivity contribution >= 4 is 5.84 Å². The Morgan fingerprint density at radius 1 is 1.16 bits per heavy atom. The molecule has 1 saturated carbocycles. The molecular formula is C16H25N3. The van der Waals surface area contributed by atoms with E-state index in [0.717, 1.165) is 25.6 Å². The average Bonchev–Trinajstić information content (AvgIpc) is 3.23. The van der Waals surface area contributed by atoms with Gasteiger partial charge in [0.05, 0.1) is 5.84 Å². The third kappa shape index (κ3) is 5.43. The van der Waals surface area contributed by atoms with Gasteiger partial charge in [-0.2, -0.15) is 0 Å². The molecule has 0 spiro atoms. The minimum absolute atomic E-state index is 0.315. The number of hydrogen-bond acceptors (Lipinski definition) is 2. The van der Waals surface area contributed by atoms with Gasteiger partial charge in [0.25, 0.3) is 0 Å². The maximum atomic E-state index is 7.33. The Kier molecular flexibility index (Phi) is 5.40. The van der Waals surface area contributed by atoms with Crippen LogP contribution >= 0.6 is 0 Å². The second-order valence-electron chi connectivity index (χ2n) is 5.49. The topological polar surface area (TPSA) is 53.1 Å². The molecule has 1 aliphatic rings. The average molecular weight is 259 g/mol. The molecule has 1 aliphatic carbocycles. The molecule has 0 atom stereocenters. The summed E-state index contributed by atoms with van der Waals surface area (Å²) < 4.78 is 0. The van der Waals surface area contributed by atoms with E-state index in [1.165, 1.54) is 37.7 Å². The first-order chi connectivity index (χ1) is 9.25. The van der Waals surface area contributed by atoms with Crippen LogP contribution in [0, 0.1) is 5.41 Å². The zero-order valence-corrected chi connectivity index (χ0v) is 11.6. The van der Waals surface area contributed by atoms with E-state index in [4.69, 9.17) is 11.1 Å². The van der Waals surface area contributed by atoms with Crippen molar-refractivity contribution < 1.29 is 0 Å². The highest BCUT2D eigenvalue weighted by Crippen LogP contribution is 2.27. The first-order valence-corrected chi connectivity index (χ1v) is 7.36. The van der Waals surface area contributed by atoms with E-state index in [-0.39, 0.29) is 0 Å². The molecule has 3 N–H and O–H groups in total. The third-order valence-electron chi connectivity index (χ3n) is 3.74. The minimum Gasteiger partial charge on any atom is -0.388 e. The van der Waals surface area contributed by atoms with Crippen molar-refractivity contribution in [2.45, 2.75) is 44.6 Å². The quantitative estimate of drug-likeness (QED) is 0.407. The molecule has 3 nitrogen and oxygen atoms in total. The number of rotatable bonds is 9. The third-order valence-corrected chi connectivity index (χ3v) is 3.74. The molecule has 104 valence electrons. The molecule has 0 heterocycles. The monoisotopic (exact) mass is 259 g/mol. The van der Waals surface area contributed by atoms with E-state index in [9.17, 15) is 0 Å². The molecule has 0 unspecified atom stereocenters. The number of nitrogens with two attached hydrogens (primary N) is 1. The Balaban J connectivity index is 1.63. The van der Waals surface area contributed by atoms with Gasteiger partial charge < -0.3 is 5.73 Å². The predicted octanol–water partition coefficient (Wildman–Crippen LogP) is 2.80. The van der Waals surface area contributed by atoms with Crippen molar-refractivity contribution in [2.24, 2.45) is 5.73 Å². The summed E-state index contributed by atoms with van der Waals surface area (Å²) in [5, 5.41) is 7.33. The summed E-state index contributed by atoms with van der Waals surface area (Å²) in [4.78, 5) is 2.52. The lowest BCUT2D eigenvalue weighted by atomic mass is 10.1. The van der Waals surface area contributed by atoms with Crippen molar-refractivity contribution in [2.75, 3.05) is 13.1 Å². The van der Waals surface area contributed by atoms with Crippen LogP contribution in [0.1, 0.15) is 37.7 Å². The Labute approximate surface area is 116 Å². The van der Waals surface area contributed by atoms with E-state index in [0.29, 0.717) is 5.84 Å². The van der Waals surface area contributed by atoms with Crippen LogP contribution in [0.25, 0.3) is 0 Å². The molecule has 3 heteroatoms. The lowest BCUT2D eigenvalue weighted by Crippen LogP contribution is -2.31.